The van der Waals surface area contributed by atoms with E-state index in [9.17, 15) is 9.90 Å². The average Bonchev–Trinajstić information content (AvgIpc) is 2.39. The SMILES string of the molecule is O=C/C=C1\c2ccccc2[B]c2ccc(O)cc21. The molecule has 1 aliphatic rings. The molecule has 1 aliphatic heterocycles. The van der Waals surface area contributed by atoms with Gasteiger partial charge in [-0.3, -0.25) is 4.79 Å². The van der Waals surface area contributed by atoms with Crippen LogP contribution in [0.5, 0.6) is 5.75 Å². The highest BCUT2D eigenvalue weighted by atomic mass is 16.3. The van der Waals surface area contributed by atoms with Gasteiger partial charge in [0.05, 0.1) is 0 Å². The average molecular weight is 233 g/mol. The van der Waals surface area contributed by atoms with Crippen molar-refractivity contribution in [2.45, 2.75) is 0 Å². The highest BCUT2D eigenvalue weighted by Crippen LogP contribution is 2.25. The molecule has 18 heavy (non-hydrogen) atoms. The third kappa shape index (κ3) is 1.64. The molecule has 0 unspecified atom stereocenters. The molecular weight excluding hydrogens is 223 g/mol. The minimum Gasteiger partial charge on any atom is -0.508 e. The van der Waals surface area contributed by atoms with Gasteiger partial charge in [0.2, 0.25) is 0 Å². The van der Waals surface area contributed by atoms with E-state index in [1.165, 1.54) is 0 Å². The van der Waals surface area contributed by atoms with Crippen molar-refractivity contribution in [1.29, 1.82) is 0 Å². The normalized spacial score (nSPS) is 14.6. The number of phenolic OH excluding ortho intramolecular Hbond substituents is 1. The van der Waals surface area contributed by atoms with Crippen LogP contribution < -0.4 is 10.9 Å². The van der Waals surface area contributed by atoms with Crippen molar-refractivity contribution in [2.24, 2.45) is 0 Å². The molecule has 3 heteroatoms. The van der Waals surface area contributed by atoms with Gasteiger partial charge in [0.15, 0.2) is 7.28 Å². The number of phenols is 1. The number of carbonyl (C=O) groups excluding carboxylic acids is 1. The highest BCUT2D eigenvalue weighted by molar-refractivity contribution is 6.70. The first-order chi connectivity index (χ1) is 8.79. The summed E-state index contributed by atoms with van der Waals surface area (Å²) in [5.41, 5.74) is 4.86. The van der Waals surface area contributed by atoms with E-state index < -0.39 is 0 Å². The van der Waals surface area contributed by atoms with Gasteiger partial charge in [0.1, 0.15) is 12.0 Å². The van der Waals surface area contributed by atoms with E-state index in [1.807, 2.05) is 30.3 Å². The lowest BCUT2D eigenvalue weighted by Crippen LogP contribution is -2.36. The van der Waals surface area contributed by atoms with Gasteiger partial charge in [0.25, 0.3) is 0 Å². The van der Waals surface area contributed by atoms with Crippen LogP contribution in [-0.2, 0) is 4.79 Å². The Balaban J connectivity index is 2.28. The second-order valence-electron chi connectivity index (χ2n) is 4.22. The number of rotatable bonds is 1. The molecule has 0 amide bonds. The van der Waals surface area contributed by atoms with Gasteiger partial charge in [-0.15, -0.1) is 0 Å². The summed E-state index contributed by atoms with van der Waals surface area (Å²) in [6.07, 6.45) is 2.33. The Morgan fingerprint density at radius 3 is 2.61 bits per heavy atom. The van der Waals surface area contributed by atoms with Gasteiger partial charge in [-0.05, 0) is 34.9 Å². The number of aldehydes is 1. The van der Waals surface area contributed by atoms with Crippen LogP contribution in [-0.4, -0.2) is 18.7 Å². The molecule has 0 bridgehead atoms. The fourth-order valence-corrected chi connectivity index (χ4v) is 2.33. The molecule has 0 saturated heterocycles. The molecule has 0 fully saturated rings. The highest BCUT2D eigenvalue weighted by Gasteiger charge is 2.20. The number of hydrogen-bond acceptors (Lipinski definition) is 2. The van der Waals surface area contributed by atoms with E-state index >= 15 is 0 Å². The number of allylic oxidation sites excluding steroid dienone is 1. The second-order valence-corrected chi connectivity index (χ2v) is 4.22. The molecule has 0 spiro atoms. The third-order valence-corrected chi connectivity index (χ3v) is 3.12. The van der Waals surface area contributed by atoms with E-state index in [1.54, 1.807) is 18.2 Å². The van der Waals surface area contributed by atoms with Gasteiger partial charge in [-0.2, -0.15) is 0 Å². The van der Waals surface area contributed by atoms with Gasteiger partial charge < -0.3 is 5.11 Å². The van der Waals surface area contributed by atoms with E-state index in [0.717, 1.165) is 33.9 Å². The van der Waals surface area contributed by atoms with Crippen molar-refractivity contribution in [3.8, 4) is 5.75 Å². The quantitative estimate of drug-likeness (QED) is 0.386. The van der Waals surface area contributed by atoms with Gasteiger partial charge >= 0.3 is 0 Å². The second kappa shape index (κ2) is 4.19. The Kier molecular flexibility index (Phi) is 2.52. The molecule has 0 aromatic heterocycles. The lowest BCUT2D eigenvalue weighted by Gasteiger charge is -2.21. The predicted molar refractivity (Wildman–Crippen MR) is 72.7 cm³/mol. The first kappa shape index (κ1) is 10.8. The number of aromatic hydroxyl groups is 1. The molecule has 0 saturated carbocycles. The Hall–Kier alpha value is -2.29. The Labute approximate surface area is 106 Å². The summed E-state index contributed by atoms with van der Waals surface area (Å²) in [6.45, 7) is 0. The first-order valence-electron chi connectivity index (χ1n) is 5.72. The number of benzene rings is 2. The van der Waals surface area contributed by atoms with Crippen molar-refractivity contribution in [2.75, 3.05) is 0 Å². The van der Waals surface area contributed by atoms with Crippen molar-refractivity contribution < 1.29 is 9.90 Å². The zero-order chi connectivity index (χ0) is 12.5. The summed E-state index contributed by atoms with van der Waals surface area (Å²) in [6, 6.07) is 13.1. The van der Waals surface area contributed by atoms with Crippen LogP contribution in [0.1, 0.15) is 11.1 Å². The maximum atomic E-state index is 10.8. The molecule has 2 aromatic rings. The lowest BCUT2D eigenvalue weighted by molar-refractivity contribution is -0.104. The standard InChI is InChI=1S/C15H10BO2/c17-8-7-11-12-3-1-2-4-14(12)16-15-6-5-10(18)9-13(11)15/h1-9,18H/b11-7+. The number of carbonyl (C=O) groups is 1. The molecule has 0 atom stereocenters. The third-order valence-electron chi connectivity index (χ3n) is 3.12. The molecular formula is C15H10BO2. The molecule has 85 valence electrons. The molecule has 0 aliphatic carbocycles. The van der Waals surface area contributed by atoms with Crippen LogP contribution in [0.2, 0.25) is 0 Å². The first-order valence-corrected chi connectivity index (χ1v) is 5.72. The molecule has 1 radical (unpaired) electrons. The van der Waals surface area contributed by atoms with Gasteiger partial charge in [-0.25, -0.2) is 0 Å². The van der Waals surface area contributed by atoms with Crippen molar-refractivity contribution >= 4 is 30.1 Å². The summed E-state index contributed by atoms with van der Waals surface area (Å²) >= 11 is 0. The molecule has 2 nitrogen and oxygen atoms in total. The van der Waals surface area contributed by atoms with E-state index in [0.29, 0.717) is 0 Å². The fraction of sp³-hybridized carbons (Fsp3) is 0. The minimum atomic E-state index is 0.207. The smallest absolute Gasteiger partial charge is 0.193 e. The van der Waals surface area contributed by atoms with E-state index in [-0.39, 0.29) is 5.75 Å². The molecule has 1 heterocycles. The largest absolute Gasteiger partial charge is 0.508 e. The Morgan fingerprint density at radius 1 is 1.00 bits per heavy atom. The van der Waals surface area contributed by atoms with Crippen LogP contribution in [0, 0.1) is 0 Å². The zero-order valence-corrected chi connectivity index (χ0v) is 9.63. The summed E-state index contributed by atoms with van der Waals surface area (Å²) in [7, 11) is 2.06. The number of hydrogen-bond donors (Lipinski definition) is 1. The molecule has 3 rings (SSSR count). The van der Waals surface area contributed by atoms with Crippen molar-refractivity contribution in [3.05, 3.63) is 59.7 Å². The number of fused-ring (bicyclic) bond motifs is 2. The molecule has 1 N–H and O–H groups in total. The van der Waals surface area contributed by atoms with Crippen molar-refractivity contribution in [3.63, 3.8) is 0 Å². The fourth-order valence-electron chi connectivity index (χ4n) is 2.33. The predicted octanol–water partition coefficient (Wildman–Crippen LogP) is 0.991. The van der Waals surface area contributed by atoms with Gasteiger partial charge in [0, 0.05) is 0 Å². The van der Waals surface area contributed by atoms with E-state index in [4.69, 9.17) is 0 Å². The van der Waals surface area contributed by atoms with Crippen LogP contribution in [0.3, 0.4) is 0 Å². The summed E-state index contributed by atoms with van der Waals surface area (Å²) in [5, 5.41) is 9.59. The monoisotopic (exact) mass is 233 g/mol. The van der Waals surface area contributed by atoms with Gasteiger partial charge in [-0.1, -0.05) is 41.3 Å². The summed E-state index contributed by atoms with van der Waals surface area (Å²) in [4.78, 5) is 10.8. The summed E-state index contributed by atoms with van der Waals surface area (Å²) < 4.78 is 0. The molecule has 2 aromatic carbocycles. The topological polar surface area (TPSA) is 37.3 Å². The van der Waals surface area contributed by atoms with Crippen LogP contribution in [0.4, 0.5) is 0 Å². The maximum Gasteiger partial charge on any atom is 0.193 e. The van der Waals surface area contributed by atoms with Crippen LogP contribution in [0.15, 0.2) is 48.5 Å². The van der Waals surface area contributed by atoms with E-state index in [2.05, 4.69) is 7.28 Å². The van der Waals surface area contributed by atoms with Crippen LogP contribution >= 0.6 is 0 Å². The lowest BCUT2D eigenvalue weighted by atomic mass is 9.55. The maximum absolute atomic E-state index is 10.8. The van der Waals surface area contributed by atoms with Crippen molar-refractivity contribution in [1.82, 2.24) is 0 Å². The summed E-state index contributed by atoms with van der Waals surface area (Å²) in [5.74, 6) is 0.207. The van der Waals surface area contributed by atoms with Crippen LogP contribution in [0.25, 0.3) is 5.57 Å². The Morgan fingerprint density at radius 2 is 1.78 bits per heavy atom. The minimum absolute atomic E-state index is 0.207. The Bertz CT molecular complexity index is 659. The zero-order valence-electron chi connectivity index (χ0n) is 9.63.